The summed E-state index contributed by atoms with van der Waals surface area (Å²) in [6.45, 7) is 2.28. The number of nitrogens with zero attached hydrogens (tertiary/aromatic N) is 5. The lowest BCUT2D eigenvalue weighted by Gasteiger charge is -2.33. The summed E-state index contributed by atoms with van der Waals surface area (Å²) in [5.74, 6) is -0.442. The van der Waals surface area contributed by atoms with Gasteiger partial charge in [-0.15, -0.1) is 0 Å². The maximum Gasteiger partial charge on any atom is 0.347 e. The van der Waals surface area contributed by atoms with Crippen LogP contribution in [0, 0.1) is 5.41 Å². The topological polar surface area (TPSA) is 135 Å². The number of H-pyrrole nitrogens is 1. The highest BCUT2D eigenvalue weighted by atomic mass is 32.1. The van der Waals surface area contributed by atoms with Gasteiger partial charge in [0.2, 0.25) is 0 Å². The fraction of sp³-hybridized carbons (Fsp3) is 0.474. The van der Waals surface area contributed by atoms with Crippen molar-refractivity contribution in [2.24, 2.45) is 5.41 Å². The monoisotopic (exact) mass is 443 g/mol. The van der Waals surface area contributed by atoms with E-state index in [2.05, 4.69) is 24.3 Å². The highest BCUT2D eigenvalue weighted by molar-refractivity contribution is 6.99. The Balaban J connectivity index is 1.38. The third-order valence-electron chi connectivity index (χ3n) is 6.19. The largest absolute Gasteiger partial charge is 0.381 e. The Kier molecular flexibility index (Phi) is 5.02. The molecule has 11 nitrogen and oxygen atoms in total. The van der Waals surface area contributed by atoms with Crippen molar-refractivity contribution >= 4 is 29.2 Å². The van der Waals surface area contributed by atoms with Crippen LogP contribution in [0.15, 0.2) is 29.3 Å². The molecule has 2 fully saturated rings. The van der Waals surface area contributed by atoms with Gasteiger partial charge in [0.05, 0.1) is 17.9 Å². The van der Waals surface area contributed by atoms with Crippen LogP contribution in [-0.2, 0) is 4.74 Å². The summed E-state index contributed by atoms with van der Waals surface area (Å²) in [6.07, 6.45) is 5.52. The molecule has 2 saturated heterocycles. The smallest absolute Gasteiger partial charge is 0.347 e. The second-order valence-electron chi connectivity index (χ2n) is 8.08. The molecule has 3 aromatic heterocycles. The quantitative estimate of drug-likeness (QED) is 0.593. The van der Waals surface area contributed by atoms with E-state index in [-0.39, 0.29) is 34.7 Å². The van der Waals surface area contributed by atoms with Crippen LogP contribution in [0.4, 0.5) is 0 Å². The summed E-state index contributed by atoms with van der Waals surface area (Å²) in [5, 5.41) is 9.22. The minimum atomic E-state index is -0.353. The molecule has 1 atom stereocenters. The van der Waals surface area contributed by atoms with Crippen LogP contribution < -0.4 is 11.0 Å². The minimum absolute atomic E-state index is 0.0150. The van der Waals surface area contributed by atoms with Crippen molar-refractivity contribution in [1.29, 1.82) is 0 Å². The Morgan fingerprint density at radius 1 is 1.35 bits per heavy atom. The number of aromatic amines is 1. The zero-order valence-electron chi connectivity index (χ0n) is 16.6. The molecule has 5 rings (SSSR count). The first-order valence-corrected chi connectivity index (χ1v) is 10.8. The van der Waals surface area contributed by atoms with Crippen molar-refractivity contribution in [3.05, 3.63) is 46.3 Å². The zero-order chi connectivity index (χ0) is 21.4. The number of likely N-dealkylation sites (tertiary alicyclic amines) is 1. The van der Waals surface area contributed by atoms with Crippen molar-refractivity contribution in [2.75, 3.05) is 26.3 Å². The molecule has 2 N–H and O–H groups in total. The Morgan fingerprint density at radius 2 is 2.19 bits per heavy atom. The molecule has 2 amide bonds. The first-order chi connectivity index (χ1) is 15.0. The zero-order valence-corrected chi connectivity index (χ0v) is 17.4. The van der Waals surface area contributed by atoms with Crippen molar-refractivity contribution in [2.45, 2.75) is 25.3 Å². The highest BCUT2D eigenvalue weighted by Gasteiger charge is 2.46. The number of aromatic nitrogens is 5. The summed E-state index contributed by atoms with van der Waals surface area (Å²) < 4.78 is 14.7. The van der Waals surface area contributed by atoms with E-state index in [1.807, 2.05) is 4.90 Å². The molecule has 0 saturated carbocycles. The second kappa shape index (κ2) is 7.85. The summed E-state index contributed by atoms with van der Waals surface area (Å²) in [5.41, 5.74) is 0.746. The molecule has 1 unspecified atom stereocenters. The summed E-state index contributed by atoms with van der Waals surface area (Å²) in [7, 11) is 0. The Hall–Kier alpha value is -3.12. The van der Waals surface area contributed by atoms with Gasteiger partial charge in [-0.1, -0.05) is 0 Å². The number of nitrogens with one attached hydrogen (secondary N) is 2. The van der Waals surface area contributed by atoms with Gasteiger partial charge in [-0.25, -0.2) is 9.89 Å². The van der Waals surface area contributed by atoms with E-state index in [4.69, 9.17) is 4.74 Å². The molecule has 5 heterocycles. The summed E-state index contributed by atoms with van der Waals surface area (Å²) >= 11 is 0.977. The molecule has 3 aromatic rings. The average Bonchev–Trinajstić information content (AvgIpc) is 3.52. The third-order valence-corrected chi connectivity index (χ3v) is 6.67. The lowest BCUT2D eigenvalue weighted by molar-refractivity contribution is 0.0190. The van der Waals surface area contributed by atoms with Crippen LogP contribution in [-0.4, -0.2) is 72.4 Å². The lowest BCUT2D eigenvalue weighted by atomic mass is 9.78. The van der Waals surface area contributed by atoms with E-state index < -0.39 is 0 Å². The predicted molar refractivity (Wildman–Crippen MR) is 110 cm³/mol. The van der Waals surface area contributed by atoms with Crippen LogP contribution in [0.2, 0.25) is 0 Å². The van der Waals surface area contributed by atoms with E-state index in [9.17, 15) is 14.4 Å². The number of hydrogen-bond donors (Lipinski definition) is 2. The van der Waals surface area contributed by atoms with E-state index in [0.717, 1.165) is 31.0 Å². The second-order valence-corrected chi connectivity index (χ2v) is 8.64. The first-order valence-electron chi connectivity index (χ1n) is 10.1. The molecular formula is C19H21N7O4S. The van der Waals surface area contributed by atoms with E-state index in [1.54, 1.807) is 18.3 Å². The predicted octanol–water partition coefficient (Wildman–Crippen LogP) is 0.315. The lowest BCUT2D eigenvalue weighted by Crippen LogP contribution is -2.43. The number of carbonyl (C=O) groups is 2. The number of hydrogen-bond acceptors (Lipinski definition) is 8. The fourth-order valence-electron chi connectivity index (χ4n) is 4.52. The van der Waals surface area contributed by atoms with Crippen LogP contribution >= 0.6 is 11.7 Å². The van der Waals surface area contributed by atoms with E-state index in [1.165, 1.54) is 10.6 Å². The number of pyridine rings is 1. The molecule has 0 bridgehead atoms. The van der Waals surface area contributed by atoms with Crippen LogP contribution in [0.1, 0.15) is 40.1 Å². The molecule has 162 valence electrons. The SMILES string of the molecule is O=C(NCC1CC2(CCOCC2)CN1C(=O)c1ccn2c(=O)[nH]nc2c1)c1cnsn1. The number of fused-ring (bicyclic) bond motifs is 1. The fourth-order valence-corrected chi connectivity index (χ4v) is 4.93. The van der Waals surface area contributed by atoms with Gasteiger partial charge in [-0.3, -0.25) is 14.0 Å². The van der Waals surface area contributed by atoms with Gasteiger partial charge in [-0.05, 0) is 36.8 Å². The first kappa shape index (κ1) is 19.8. The van der Waals surface area contributed by atoms with Crippen molar-refractivity contribution < 1.29 is 14.3 Å². The maximum absolute atomic E-state index is 13.4. The van der Waals surface area contributed by atoms with Crippen LogP contribution in [0.5, 0.6) is 0 Å². The van der Waals surface area contributed by atoms with Crippen molar-refractivity contribution in [1.82, 2.24) is 33.6 Å². The van der Waals surface area contributed by atoms with Crippen molar-refractivity contribution in [3.8, 4) is 0 Å². The molecule has 31 heavy (non-hydrogen) atoms. The molecule has 0 radical (unpaired) electrons. The van der Waals surface area contributed by atoms with Gasteiger partial charge in [0.1, 0.15) is 0 Å². The molecule has 0 aliphatic carbocycles. The van der Waals surface area contributed by atoms with Crippen LogP contribution in [0.25, 0.3) is 5.65 Å². The number of carbonyl (C=O) groups excluding carboxylic acids is 2. The van der Waals surface area contributed by atoms with E-state index >= 15 is 0 Å². The Bertz CT molecular complexity index is 1170. The van der Waals surface area contributed by atoms with Gasteiger partial charge in [0.25, 0.3) is 11.8 Å². The third kappa shape index (κ3) is 3.72. The molecule has 2 aliphatic rings. The molecule has 1 spiro atoms. The highest BCUT2D eigenvalue weighted by Crippen LogP contribution is 2.43. The average molecular weight is 443 g/mol. The molecule has 12 heteroatoms. The summed E-state index contributed by atoms with van der Waals surface area (Å²) in [6, 6.07) is 3.07. The van der Waals surface area contributed by atoms with E-state index in [0.29, 0.717) is 37.5 Å². The number of amides is 2. The van der Waals surface area contributed by atoms with Crippen molar-refractivity contribution in [3.63, 3.8) is 0 Å². The number of ether oxygens (including phenoxy) is 1. The van der Waals surface area contributed by atoms with Gasteiger partial charge in [-0.2, -0.15) is 13.8 Å². The maximum atomic E-state index is 13.4. The van der Waals surface area contributed by atoms with Gasteiger partial charge in [0.15, 0.2) is 11.3 Å². The molecular weight excluding hydrogens is 422 g/mol. The van der Waals surface area contributed by atoms with Gasteiger partial charge in [0, 0.05) is 44.1 Å². The Labute approximate surface area is 180 Å². The molecule has 0 aromatic carbocycles. The number of rotatable bonds is 4. The Morgan fingerprint density at radius 3 is 2.97 bits per heavy atom. The standard InChI is InChI=1S/C19H21N7O4S/c27-16(14-10-21-31-24-14)20-9-13-8-19(2-5-30-6-3-19)11-26(13)17(28)12-1-4-25-15(7-12)22-23-18(25)29/h1,4,7,10,13H,2-3,5-6,8-9,11H2,(H,20,27)(H,23,29). The summed E-state index contributed by atoms with van der Waals surface area (Å²) in [4.78, 5) is 39.3. The molecule has 2 aliphatic heterocycles. The van der Waals surface area contributed by atoms with Crippen LogP contribution in [0.3, 0.4) is 0 Å². The van der Waals surface area contributed by atoms with Gasteiger partial charge < -0.3 is 15.0 Å². The minimum Gasteiger partial charge on any atom is -0.381 e. The van der Waals surface area contributed by atoms with Gasteiger partial charge >= 0.3 is 5.69 Å². The normalized spacial score (nSPS) is 20.4.